The van der Waals surface area contributed by atoms with Crippen molar-refractivity contribution in [2.24, 2.45) is 0 Å². The van der Waals surface area contributed by atoms with Gasteiger partial charge in [0.1, 0.15) is 5.69 Å². The number of fused-ring (bicyclic) bond motifs is 1. The number of hydrogen-bond donors (Lipinski definition) is 0. The third-order valence-corrected chi connectivity index (χ3v) is 4.20. The van der Waals surface area contributed by atoms with Gasteiger partial charge in [0.2, 0.25) is 0 Å². The fraction of sp³-hybridized carbons (Fsp3) is 0.455. The van der Waals surface area contributed by atoms with E-state index in [0.717, 1.165) is 28.0 Å². The van der Waals surface area contributed by atoms with Gasteiger partial charge in [-0.05, 0) is 19.3 Å². The van der Waals surface area contributed by atoms with Crippen molar-refractivity contribution < 1.29 is 9.32 Å². The van der Waals surface area contributed by atoms with E-state index in [4.69, 9.17) is 4.52 Å². The van der Waals surface area contributed by atoms with Crippen molar-refractivity contribution in [3.63, 3.8) is 0 Å². The van der Waals surface area contributed by atoms with Crippen LogP contribution in [0.2, 0.25) is 0 Å². The normalized spacial score (nSPS) is 16.1. The van der Waals surface area contributed by atoms with Crippen molar-refractivity contribution >= 4 is 27.9 Å². The molecule has 1 fully saturated rings. The highest BCUT2D eigenvalue weighted by Gasteiger charge is 2.31. The summed E-state index contributed by atoms with van der Waals surface area (Å²) >= 11 is 1.66. The number of thiophene rings is 1. The van der Waals surface area contributed by atoms with E-state index in [1.165, 1.54) is 12.8 Å². The van der Waals surface area contributed by atoms with Crippen molar-refractivity contribution in [1.29, 1.82) is 0 Å². The van der Waals surface area contributed by atoms with Crippen LogP contribution in [0, 0.1) is 0 Å². The lowest BCUT2D eigenvalue weighted by Gasteiger charge is -1.89. The Balaban J connectivity index is 2.25. The zero-order valence-electron chi connectivity index (χ0n) is 8.45. The standard InChI is InChI=1S/C11H11NO2S/c1-2-8-7(5-13)10-11(15-8)9(12-14-10)6-3-4-6/h5-6H,2-4H2,1H3. The van der Waals surface area contributed by atoms with Gasteiger partial charge in [-0.25, -0.2) is 0 Å². The number of carbonyl (C=O) groups excluding carboxylic acids is 1. The first-order valence-corrected chi connectivity index (χ1v) is 6.03. The molecule has 2 aromatic heterocycles. The zero-order chi connectivity index (χ0) is 10.4. The summed E-state index contributed by atoms with van der Waals surface area (Å²) in [6.45, 7) is 2.06. The molecule has 3 nitrogen and oxygen atoms in total. The molecule has 0 saturated heterocycles. The van der Waals surface area contributed by atoms with Crippen molar-refractivity contribution in [2.75, 3.05) is 0 Å². The maximum atomic E-state index is 11.0. The van der Waals surface area contributed by atoms with Crippen LogP contribution in [0.15, 0.2) is 4.52 Å². The van der Waals surface area contributed by atoms with Crippen LogP contribution < -0.4 is 0 Å². The van der Waals surface area contributed by atoms with E-state index in [1.807, 2.05) is 0 Å². The lowest BCUT2D eigenvalue weighted by Crippen LogP contribution is -1.82. The molecule has 4 heteroatoms. The minimum absolute atomic E-state index is 0.578. The van der Waals surface area contributed by atoms with Crippen LogP contribution in [0.1, 0.15) is 46.6 Å². The Kier molecular flexibility index (Phi) is 1.92. The van der Waals surface area contributed by atoms with Gasteiger partial charge in [0, 0.05) is 10.8 Å². The molecule has 1 aliphatic carbocycles. The summed E-state index contributed by atoms with van der Waals surface area (Å²) in [5.41, 5.74) is 2.48. The van der Waals surface area contributed by atoms with Crippen molar-refractivity contribution in [2.45, 2.75) is 32.1 Å². The number of aryl methyl sites for hydroxylation is 1. The van der Waals surface area contributed by atoms with E-state index in [0.29, 0.717) is 17.1 Å². The maximum Gasteiger partial charge on any atom is 0.188 e. The summed E-state index contributed by atoms with van der Waals surface area (Å²) in [4.78, 5) is 12.1. The number of hydrogen-bond acceptors (Lipinski definition) is 4. The van der Waals surface area contributed by atoms with Gasteiger partial charge >= 0.3 is 0 Å². The van der Waals surface area contributed by atoms with E-state index in [1.54, 1.807) is 11.3 Å². The molecule has 0 N–H and O–H groups in total. The van der Waals surface area contributed by atoms with Gasteiger partial charge in [-0.15, -0.1) is 11.3 Å². The number of rotatable bonds is 3. The molecule has 3 rings (SSSR count). The molecule has 0 spiro atoms. The second kappa shape index (κ2) is 3.17. The van der Waals surface area contributed by atoms with Gasteiger partial charge in [-0.3, -0.25) is 4.79 Å². The largest absolute Gasteiger partial charge is 0.354 e. The van der Waals surface area contributed by atoms with E-state index >= 15 is 0 Å². The molecule has 2 heterocycles. The van der Waals surface area contributed by atoms with Crippen LogP contribution in [0.4, 0.5) is 0 Å². The fourth-order valence-corrected chi connectivity index (χ4v) is 3.06. The third-order valence-electron chi connectivity index (χ3n) is 2.85. The molecule has 78 valence electrons. The second-order valence-electron chi connectivity index (χ2n) is 3.91. The summed E-state index contributed by atoms with van der Waals surface area (Å²) in [5, 5.41) is 4.08. The van der Waals surface area contributed by atoms with Crippen molar-refractivity contribution in [1.82, 2.24) is 5.16 Å². The Hall–Kier alpha value is -1.16. The van der Waals surface area contributed by atoms with Crippen LogP contribution in [0.5, 0.6) is 0 Å². The van der Waals surface area contributed by atoms with E-state index in [-0.39, 0.29) is 0 Å². The van der Waals surface area contributed by atoms with Gasteiger partial charge in [0.15, 0.2) is 11.9 Å². The van der Waals surface area contributed by atoms with Gasteiger partial charge in [-0.1, -0.05) is 12.1 Å². The zero-order valence-corrected chi connectivity index (χ0v) is 9.26. The van der Waals surface area contributed by atoms with Crippen LogP contribution >= 0.6 is 11.3 Å². The monoisotopic (exact) mass is 221 g/mol. The van der Waals surface area contributed by atoms with Gasteiger partial charge in [-0.2, -0.15) is 0 Å². The molecule has 0 aliphatic heterocycles. The van der Waals surface area contributed by atoms with E-state index in [2.05, 4.69) is 12.1 Å². The molecule has 1 aliphatic rings. The van der Waals surface area contributed by atoms with Gasteiger partial charge < -0.3 is 4.52 Å². The molecule has 0 atom stereocenters. The predicted molar refractivity (Wildman–Crippen MR) is 58.6 cm³/mol. The number of carbonyl (C=O) groups is 1. The van der Waals surface area contributed by atoms with E-state index in [9.17, 15) is 4.79 Å². The predicted octanol–water partition coefficient (Wildman–Crippen LogP) is 3.14. The first-order chi connectivity index (χ1) is 7.35. The summed E-state index contributed by atoms with van der Waals surface area (Å²) in [6.07, 6.45) is 4.18. The molecule has 15 heavy (non-hydrogen) atoms. The highest BCUT2D eigenvalue weighted by Crippen LogP contribution is 2.45. The first-order valence-electron chi connectivity index (χ1n) is 5.21. The average Bonchev–Trinajstić information content (AvgIpc) is 2.91. The third kappa shape index (κ3) is 1.24. The maximum absolute atomic E-state index is 11.0. The van der Waals surface area contributed by atoms with Crippen molar-refractivity contribution in [3.05, 3.63) is 16.1 Å². The van der Waals surface area contributed by atoms with Crippen LogP contribution in [0.25, 0.3) is 10.3 Å². The SMILES string of the molecule is CCc1sc2c(C3CC3)noc2c1C=O. The van der Waals surface area contributed by atoms with Crippen molar-refractivity contribution in [3.8, 4) is 0 Å². The van der Waals surface area contributed by atoms with Crippen LogP contribution in [-0.4, -0.2) is 11.4 Å². The van der Waals surface area contributed by atoms with Gasteiger partial charge in [0.05, 0.1) is 10.3 Å². The Morgan fingerprint density at radius 1 is 1.60 bits per heavy atom. The lowest BCUT2D eigenvalue weighted by atomic mass is 10.2. The highest BCUT2D eigenvalue weighted by molar-refractivity contribution is 7.19. The number of nitrogens with zero attached hydrogens (tertiary/aromatic N) is 1. The van der Waals surface area contributed by atoms with Gasteiger partial charge in [0.25, 0.3) is 0 Å². The minimum atomic E-state index is 0.578. The molecule has 1 saturated carbocycles. The smallest absolute Gasteiger partial charge is 0.188 e. The molecule has 0 bridgehead atoms. The Morgan fingerprint density at radius 3 is 3.00 bits per heavy atom. The number of aromatic nitrogens is 1. The molecular formula is C11H11NO2S. The summed E-state index contributed by atoms with van der Waals surface area (Å²) in [6, 6.07) is 0. The fourth-order valence-electron chi connectivity index (χ4n) is 1.87. The summed E-state index contributed by atoms with van der Waals surface area (Å²) in [7, 11) is 0. The molecule has 0 unspecified atom stereocenters. The summed E-state index contributed by atoms with van der Waals surface area (Å²) in [5.74, 6) is 0.578. The quantitative estimate of drug-likeness (QED) is 0.748. The molecule has 0 radical (unpaired) electrons. The number of aldehydes is 1. The minimum Gasteiger partial charge on any atom is -0.354 e. The topological polar surface area (TPSA) is 43.1 Å². The summed E-state index contributed by atoms with van der Waals surface area (Å²) < 4.78 is 6.38. The molecule has 0 amide bonds. The average molecular weight is 221 g/mol. The first kappa shape index (κ1) is 9.09. The molecular weight excluding hydrogens is 210 g/mol. The molecule has 2 aromatic rings. The molecule has 0 aromatic carbocycles. The van der Waals surface area contributed by atoms with Crippen LogP contribution in [0.3, 0.4) is 0 Å². The Bertz CT molecular complexity index is 522. The second-order valence-corrected chi connectivity index (χ2v) is 5.02. The lowest BCUT2D eigenvalue weighted by molar-refractivity contribution is 0.112. The highest BCUT2D eigenvalue weighted by atomic mass is 32.1. The Labute approximate surface area is 91.1 Å². The van der Waals surface area contributed by atoms with E-state index < -0.39 is 0 Å². The Morgan fingerprint density at radius 2 is 2.40 bits per heavy atom. The van der Waals surface area contributed by atoms with Crippen LogP contribution in [-0.2, 0) is 6.42 Å².